The first-order valence-corrected chi connectivity index (χ1v) is 5.88. The molecule has 0 saturated carbocycles. The van der Waals surface area contributed by atoms with Gasteiger partial charge in [0.1, 0.15) is 22.7 Å². The first kappa shape index (κ1) is 13.1. The Morgan fingerprint density at radius 1 is 1.11 bits per heavy atom. The zero-order valence-electron chi connectivity index (χ0n) is 8.72. The van der Waals surface area contributed by atoms with Gasteiger partial charge in [0.05, 0.1) is 10.0 Å². The molecule has 0 aliphatic heterocycles. The molecule has 0 amide bonds. The molecular weight excluding hydrogens is 298 g/mol. The summed E-state index contributed by atoms with van der Waals surface area (Å²) in [5.41, 5.74) is 0.313. The van der Waals surface area contributed by atoms with Crippen LogP contribution < -0.4 is 0 Å². The lowest BCUT2D eigenvalue weighted by Gasteiger charge is -2.09. The van der Waals surface area contributed by atoms with Gasteiger partial charge < -0.3 is 0 Å². The van der Waals surface area contributed by atoms with Gasteiger partial charge in [0.2, 0.25) is 0 Å². The van der Waals surface area contributed by atoms with Crippen molar-refractivity contribution in [2.24, 2.45) is 0 Å². The van der Waals surface area contributed by atoms with E-state index in [2.05, 4.69) is 4.98 Å². The zero-order chi connectivity index (χ0) is 13.3. The molecule has 0 bridgehead atoms. The molecule has 1 heterocycles. The van der Waals surface area contributed by atoms with Gasteiger partial charge in [-0.15, -0.1) is 0 Å². The number of nitrogens with zero attached hydrogens (tertiary/aromatic N) is 2. The number of rotatable bonds is 1. The van der Waals surface area contributed by atoms with Crippen LogP contribution in [-0.4, -0.2) is 4.98 Å². The van der Waals surface area contributed by atoms with Crippen LogP contribution in [0.4, 0.5) is 4.39 Å². The topological polar surface area (TPSA) is 36.7 Å². The van der Waals surface area contributed by atoms with Crippen LogP contribution in [-0.2, 0) is 0 Å². The number of halogens is 4. The Bertz CT molecular complexity index is 622. The van der Waals surface area contributed by atoms with E-state index in [1.54, 1.807) is 0 Å². The Labute approximate surface area is 118 Å². The van der Waals surface area contributed by atoms with Crippen LogP contribution in [0.3, 0.4) is 0 Å². The predicted molar refractivity (Wildman–Crippen MR) is 69.4 cm³/mol. The van der Waals surface area contributed by atoms with Crippen molar-refractivity contribution in [1.29, 1.82) is 5.26 Å². The summed E-state index contributed by atoms with van der Waals surface area (Å²) in [5.74, 6) is -0.558. The van der Waals surface area contributed by atoms with Crippen LogP contribution >= 0.6 is 34.8 Å². The molecule has 1 aromatic heterocycles. The molecule has 2 aromatic rings. The van der Waals surface area contributed by atoms with Crippen LogP contribution in [0, 0.1) is 17.1 Å². The highest BCUT2D eigenvalue weighted by Gasteiger charge is 2.18. The number of benzene rings is 1. The Kier molecular flexibility index (Phi) is 3.72. The largest absolute Gasteiger partial charge is 0.225 e. The molecule has 0 unspecified atom stereocenters. The van der Waals surface area contributed by atoms with E-state index in [9.17, 15) is 4.39 Å². The summed E-state index contributed by atoms with van der Waals surface area (Å²) in [5, 5.41) is 8.96. The predicted octanol–water partition coefficient (Wildman–Crippen LogP) is 4.72. The number of hydrogen-bond donors (Lipinski definition) is 0. The van der Waals surface area contributed by atoms with Crippen molar-refractivity contribution in [3.8, 4) is 17.2 Å². The second-order valence-corrected chi connectivity index (χ2v) is 4.54. The molecule has 18 heavy (non-hydrogen) atoms. The molecule has 0 radical (unpaired) electrons. The van der Waals surface area contributed by atoms with E-state index in [0.717, 1.165) is 0 Å². The van der Waals surface area contributed by atoms with Gasteiger partial charge in [-0.1, -0.05) is 40.9 Å². The van der Waals surface area contributed by atoms with Gasteiger partial charge in [-0.3, -0.25) is 0 Å². The molecule has 0 spiro atoms. The van der Waals surface area contributed by atoms with Crippen LogP contribution in [0.2, 0.25) is 15.2 Å². The van der Waals surface area contributed by atoms with Gasteiger partial charge in [-0.2, -0.15) is 5.26 Å². The van der Waals surface area contributed by atoms with Crippen molar-refractivity contribution in [2.45, 2.75) is 0 Å². The molecule has 0 atom stereocenters. The Morgan fingerprint density at radius 3 is 2.39 bits per heavy atom. The normalized spacial score (nSPS) is 10.2. The molecule has 0 saturated heterocycles. The summed E-state index contributed by atoms with van der Waals surface area (Å²) in [6.07, 6.45) is 0. The smallest absolute Gasteiger partial charge is 0.143 e. The Balaban J connectivity index is 2.77. The minimum Gasteiger partial charge on any atom is -0.225 e. The summed E-state index contributed by atoms with van der Waals surface area (Å²) in [7, 11) is 0. The Morgan fingerprint density at radius 2 is 1.83 bits per heavy atom. The van der Waals surface area contributed by atoms with E-state index in [-0.39, 0.29) is 32.0 Å². The SMILES string of the molecule is N#Cc1cc(Cl)c(-c2c(F)cccc2Cl)c(Cl)n1. The maximum Gasteiger partial charge on any atom is 0.143 e. The van der Waals surface area contributed by atoms with Crippen LogP contribution in [0.5, 0.6) is 0 Å². The van der Waals surface area contributed by atoms with Crippen LogP contribution in [0.1, 0.15) is 5.69 Å². The van der Waals surface area contributed by atoms with Gasteiger partial charge in [0.15, 0.2) is 0 Å². The Hall–Kier alpha value is -1.34. The summed E-state index contributed by atoms with van der Waals surface area (Å²) in [4.78, 5) is 3.81. The number of aromatic nitrogens is 1. The van der Waals surface area contributed by atoms with Gasteiger partial charge in [-0.25, -0.2) is 9.37 Å². The fourth-order valence-electron chi connectivity index (χ4n) is 1.50. The lowest BCUT2D eigenvalue weighted by atomic mass is 10.1. The maximum atomic E-state index is 13.8. The molecule has 2 rings (SSSR count). The first-order chi connectivity index (χ1) is 8.54. The van der Waals surface area contributed by atoms with Crippen molar-refractivity contribution >= 4 is 34.8 Å². The highest BCUT2D eigenvalue weighted by Crippen LogP contribution is 2.39. The van der Waals surface area contributed by atoms with Crippen LogP contribution in [0.25, 0.3) is 11.1 Å². The van der Waals surface area contributed by atoms with Gasteiger partial charge in [-0.05, 0) is 18.2 Å². The van der Waals surface area contributed by atoms with Gasteiger partial charge in [0.25, 0.3) is 0 Å². The summed E-state index contributed by atoms with van der Waals surface area (Å²) >= 11 is 17.8. The fraction of sp³-hybridized carbons (Fsp3) is 0. The minimum absolute atomic E-state index is 0.0567. The molecular formula is C12H4Cl3FN2. The molecule has 0 aliphatic carbocycles. The highest BCUT2D eigenvalue weighted by atomic mass is 35.5. The lowest BCUT2D eigenvalue weighted by Crippen LogP contribution is -1.93. The average molecular weight is 302 g/mol. The lowest BCUT2D eigenvalue weighted by molar-refractivity contribution is 0.631. The van der Waals surface area contributed by atoms with E-state index < -0.39 is 5.82 Å². The molecule has 6 heteroatoms. The van der Waals surface area contributed by atoms with Crippen LogP contribution in [0.15, 0.2) is 24.3 Å². The third-order valence-electron chi connectivity index (χ3n) is 2.25. The summed E-state index contributed by atoms with van der Waals surface area (Å²) in [6, 6.07) is 7.35. The quantitative estimate of drug-likeness (QED) is 0.715. The summed E-state index contributed by atoms with van der Waals surface area (Å²) in [6.45, 7) is 0. The molecule has 0 N–H and O–H groups in total. The van der Waals surface area contributed by atoms with Crippen molar-refractivity contribution in [3.05, 3.63) is 51.0 Å². The average Bonchev–Trinajstić information content (AvgIpc) is 2.31. The van der Waals surface area contributed by atoms with E-state index in [4.69, 9.17) is 40.1 Å². The van der Waals surface area contributed by atoms with E-state index in [1.807, 2.05) is 6.07 Å². The van der Waals surface area contributed by atoms with Crippen molar-refractivity contribution in [1.82, 2.24) is 4.98 Å². The molecule has 0 aliphatic rings. The van der Waals surface area contributed by atoms with Crippen molar-refractivity contribution in [2.75, 3.05) is 0 Å². The third kappa shape index (κ3) is 2.28. The molecule has 1 aromatic carbocycles. The summed E-state index contributed by atoms with van der Waals surface area (Å²) < 4.78 is 13.8. The van der Waals surface area contributed by atoms with Crippen molar-refractivity contribution in [3.63, 3.8) is 0 Å². The molecule has 2 nitrogen and oxygen atoms in total. The van der Waals surface area contributed by atoms with Gasteiger partial charge >= 0.3 is 0 Å². The first-order valence-electron chi connectivity index (χ1n) is 4.75. The van der Waals surface area contributed by atoms with Crippen molar-refractivity contribution < 1.29 is 4.39 Å². The fourth-order valence-corrected chi connectivity index (χ4v) is 2.38. The van der Waals surface area contributed by atoms with Gasteiger partial charge in [0, 0.05) is 11.1 Å². The highest BCUT2D eigenvalue weighted by molar-refractivity contribution is 6.40. The van der Waals surface area contributed by atoms with E-state index in [1.165, 1.54) is 24.3 Å². The standard InChI is InChI=1S/C12H4Cl3FN2/c13-7-2-1-3-9(16)10(7)11-8(14)4-6(5-17)18-12(11)15/h1-4H. The van der Waals surface area contributed by atoms with E-state index >= 15 is 0 Å². The number of nitriles is 1. The minimum atomic E-state index is -0.558. The second-order valence-electron chi connectivity index (χ2n) is 3.36. The second kappa shape index (κ2) is 5.11. The number of hydrogen-bond acceptors (Lipinski definition) is 2. The maximum absolute atomic E-state index is 13.8. The van der Waals surface area contributed by atoms with E-state index in [0.29, 0.717) is 0 Å². The molecule has 0 fully saturated rings. The molecule has 90 valence electrons. The zero-order valence-corrected chi connectivity index (χ0v) is 11.0. The third-order valence-corrected chi connectivity index (χ3v) is 3.14. The monoisotopic (exact) mass is 300 g/mol. The number of pyridine rings is 1.